The number of rotatable bonds is 9. The van der Waals surface area contributed by atoms with Crippen molar-refractivity contribution in [2.75, 3.05) is 18.5 Å². The number of carbonyl (C=O) groups excluding carboxylic acids is 2. The topological polar surface area (TPSA) is 75.6 Å². The van der Waals surface area contributed by atoms with Gasteiger partial charge in [-0.2, -0.15) is 0 Å². The summed E-state index contributed by atoms with van der Waals surface area (Å²) < 4.78 is 5.81. The molecule has 3 rings (SSSR count). The van der Waals surface area contributed by atoms with Gasteiger partial charge >= 0.3 is 0 Å². The summed E-state index contributed by atoms with van der Waals surface area (Å²) in [6.45, 7) is 2.20. The van der Waals surface area contributed by atoms with Gasteiger partial charge in [0.1, 0.15) is 12.4 Å². The fraction of sp³-hybridized carbons (Fsp3) is 0.200. The molecule has 1 amide bonds. The molecule has 0 aliphatic heterocycles. The monoisotopic (exact) mass is 403 g/mol. The lowest BCUT2D eigenvalue weighted by atomic mass is 9.98. The molecule has 0 aliphatic carbocycles. The number of hydrogen-bond donors (Lipinski definition) is 2. The first-order valence-corrected chi connectivity index (χ1v) is 9.90. The number of nitrogens with one attached hydrogen (secondary N) is 1. The smallest absolute Gasteiger partial charge is 0.255 e. The lowest BCUT2D eigenvalue weighted by Gasteiger charge is -2.13. The second kappa shape index (κ2) is 10.4. The predicted octanol–water partition coefficient (Wildman–Crippen LogP) is 4.69. The van der Waals surface area contributed by atoms with Gasteiger partial charge in [-0.1, -0.05) is 49.4 Å². The Morgan fingerprint density at radius 2 is 1.67 bits per heavy atom. The molecule has 5 nitrogen and oxygen atoms in total. The van der Waals surface area contributed by atoms with Gasteiger partial charge in [0.25, 0.3) is 5.91 Å². The Balaban J connectivity index is 1.52. The summed E-state index contributed by atoms with van der Waals surface area (Å²) in [6, 6.07) is 23.8. The molecule has 3 aromatic carbocycles. The lowest BCUT2D eigenvalue weighted by molar-refractivity contribution is 0.0903. The minimum Gasteiger partial charge on any atom is -0.494 e. The minimum absolute atomic E-state index is 0.284. The molecule has 0 spiro atoms. The van der Waals surface area contributed by atoms with E-state index in [1.54, 1.807) is 48.5 Å². The molecule has 30 heavy (non-hydrogen) atoms. The van der Waals surface area contributed by atoms with Crippen LogP contribution in [0.25, 0.3) is 0 Å². The van der Waals surface area contributed by atoms with Crippen LogP contribution in [0.1, 0.15) is 45.5 Å². The third-order valence-corrected chi connectivity index (χ3v) is 4.89. The van der Waals surface area contributed by atoms with Crippen molar-refractivity contribution in [3.8, 4) is 5.75 Å². The fourth-order valence-electron chi connectivity index (χ4n) is 3.07. The average molecular weight is 403 g/mol. The van der Waals surface area contributed by atoms with E-state index in [4.69, 9.17) is 9.84 Å². The number of ether oxygens (including phenoxy) is 1. The molecule has 0 aliphatic rings. The van der Waals surface area contributed by atoms with Crippen LogP contribution in [0.5, 0.6) is 5.75 Å². The minimum atomic E-state index is -0.566. The van der Waals surface area contributed by atoms with Crippen molar-refractivity contribution in [3.05, 3.63) is 95.6 Å². The molecular formula is C25H25NO4. The summed E-state index contributed by atoms with van der Waals surface area (Å²) in [5, 5.41) is 11.7. The van der Waals surface area contributed by atoms with E-state index in [1.807, 2.05) is 18.2 Å². The summed E-state index contributed by atoms with van der Waals surface area (Å²) >= 11 is 0. The largest absolute Gasteiger partial charge is 0.494 e. The quantitative estimate of drug-likeness (QED) is 0.509. The first-order chi connectivity index (χ1) is 14.6. The number of aliphatic hydroxyl groups is 1. The Morgan fingerprint density at radius 1 is 0.933 bits per heavy atom. The summed E-state index contributed by atoms with van der Waals surface area (Å²) in [6.07, 6.45) is 0.898. The molecule has 0 fully saturated rings. The van der Waals surface area contributed by atoms with Gasteiger partial charge in [0.15, 0.2) is 5.78 Å². The van der Waals surface area contributed by atoms with Gasteiger partial charge in [0.05, 0.1) is 6.61 Å². The predicted molar refractivity (Wildman–Crippen MR) is 117 cm³/mol. The molecule has 2 N–H and O–H groups in total. The van der Waals surface area contributed by atoms with E-state index in [1.165, 1.54) is 5.56 Å². The van der Waals surface area contributed by atoms with Crippen molar-refractivity contribution < 1.29 is 19.4 Å². The van der Waals surface area contributed by atoms with Crippen molar-refractivity contribution in [2.45, 2.75) is 19.3 Å². The second-order valence-corrected chi connectivity index (χ2v) is 7.09. The molecule has 5 heteroatoms. The van der Waals surface area contributed by atoms with E-state index in [2.05, 4.69) is 24.4 Å². The molecule has 0 aromatic heterocycles. The van der Waals surface area contributed by atoms with E-state index in [9.17, 15) is 9.59 Å². The second-order valence-electron chi connectivity index (χ2n) is 7.09. The van der Waals surface area contributed by atoms with Crippen LogP contribution in [-0.2, 0) is 0 Å². The van der Waals surface area contributed by atoms with Crippen molar-refractivity contribution in [3.63, 3.8) is 0 Å². The van der Waals surface area contributed by atoms with Crippen molar-refractivity contribution in [2.24, 2.45) is 0 Å². The highest BCUT2D eigenvalue weighted by atomic mass is 16.5. The summed E-state index contributed by atoms with van der Waals surface area (Å²) in [5.74, 6) is 0.439. The van der Waals surface area contributed by atoms with Crippen LogP contribution in [-0.4, -0.2) is 30.0 Å². The number of carbonyl (C=O) groups is 2. The average Bonchev–Trinajstić information content (AvgIpc) is 2.79. The number of benzene rings is 3. The van der Waals surface area contributed by atoms with Gasteiger partial charge in [-0.25, -0.2) is 0 Å². The maximum absolute atomic E-state index is 12.5. The van der Waals surface area contributed by atoms with Gasteiger partial charge in [-0.3, -0.25) is 9.59 Å². The highest BCUT2D eigenvalue weighted by Gasteiger charge is 2.10. The van der Waals surface area contributed by atoms with E-state index in [-0.39, 0.29) is 5.91 Å². The lowest BCUT2D eigenvalue weighted by Crippen LogP contribution is -2.13. The number of ketones is 1. The van der Waals surface area contributed by atoms with Crippen LogP contribution < -0.4 is 10.1 Å². The number of amides is 1. The first kappa shape index (κ1) is 21.3. The zero-order chi connectivity index (χ0) is 21.3. The first-order valence-electron chi connectivity index (χ1n) is 9.90. The normalized spacial score (nSPS) is 11.5. The highest BCUT2D eigenvalue weighted by Crippen LogP contribution is 2.20. The number of anilines is 1. The van der Waals surface area contributed by atoms with Crippen LogP contribution >= 0.6 is 0 Å². The molecule has 3 aromatic rings. The molecule has 154 valence electrons. The van der Waals surface area contributed by atoms with Crippen molar-refractivity contribution >= 4 is 17.4 Å². The standard InChI is InChI=1S/C25H25NO4/c1-18(19-6-3-2-4-7-19)14-15-30-23-12-10-20(11-13-23)25(29)26-22-9-5-8-21(16-22)24(28)17-27/h2-13,16,18,27H,14-15,17H2,1H3,(H,26,29). The SMILES string of the molecule is CC(CCOc1ccc(C(=O)Nc2cccc(C(=O)CO)c2)cc1)c1ccccc1. The van der Waals surface area contributed by atoms with Crippen LogP contribution in [0, 0.1) is 0 Å². The van der Waals surface area contributed by atoms with Gasteiger partial charge in [0.2, 0.25) is 0 Å². The highest BCUT2D eigenvalue weighted by molar-refractivity contribution is 6.05. The Morgan fingerprint density at radius 3 is 2.37 bits per heavy atom. The molecule has 0 saturated carbocycles. The van der Waals surface area contributed by atoms with Gasteiger partial charge in [-0.05, 0) is 54.3 Å². The number of Topliss-reactive ketones (excluding diaryl/α,β-unsaturated/α-hetero) is 1. The van der Waals surface area contributed by atoms with Crippen molar-refractivity contribution in [1.29, 1.82) is 0 Å². The number of aliphatic hydroxyl groups excluding tert-OH is 1. The Hall–Kier alpha value is -3.44. The van der Waals surface area contributed by atoms with Crippen LogP contribution in [0.2, 0.25) is 0 Å². The van der Waals surface area contributed by atoms with Crippen molar-refractivity contribution in [1.82, 2.24) is 0 Å². The maximum atomic E-state index is 12.5. The summed E-state index contributed by atoms with van der Waals surface area (Å²) in [5.41, 5.74) is 2.62. The van der Waals surface area contributed by atoms with E-state index in [0.29, 0.717) is 35.1 Å². The van der Waals surface area contributed by atoms with E-state index >= 15 is 0 Å². The van der Waals surface area contributed by atoms with Gasteiger partial charge in [0, 0.05) is 16.8 Å². The summed E-state index contributed by atoms with van der Waals surface area (Å²) in [4.78, 5) is 24.0. The van der Waals surface area contributed by atoms with E-state index in [0.717, 1.165) is 6.42 Å². The molecule has 0 bridgehead atoms. The molecule has 1 unspecified atom stereocenters. The third-order valence-electron chi connectivity index (χ3n) is 4.89. The summed E-state index contributed by atoms with van der Waals surface area (Å²) in [7, 11) is 0. The van der Waals surface area contributed by atoms with E-state index < -0.39 is 12.4 Å². The number of hydrogen-bond acceptors (Lipinski definition) is 4. The fourth-order valence-corrected chi connectivity index (χ4v) is 3.07. The third kappa shape index (κ3) is 5.78. The van der Waals surface area contributed by atoms with Crippen LogP contribution in [0.15, 0.2) is 78.9 Å². The maximum Gasteiger partial charge on any atom is 0.255 e. The Bertz CT molecular complexity index is 984. The Kier molecular flexibility index (Phi) is 7.35. The van der Waals surface area contributed by atoms with Gasteiger partial charge in [-0.15, -0.1) is 0 Å². The Labute approximate surface area is 176 Å². The molecule has 0 heterocycles. The van der Waals surface area contributed by atoms with Crippen LogP contribution in [0.4, 0.5) is 5.69 Å². The molecule has 0 saturated heterocycles. The zero-order valence-electron chi connectivity index (χ0n) is 16.9. The molecule has 0 radical (unpaired) electrons. The van der Waals surface area contributed by atoms with Gasteiger partial charge < -0.3 is 15.2 Å². The molecular weight excluding hydrogens is 378 g/mol. The molecule has 1 atom stereocenters. The van der Waals surface area contributed by atoms with Crippen LogP contribution in [0.3, 0.4) is 0 Å². The zero-order valence-corrected chi connectivity index (χ0v) is 16.9.